The third-order valence-electron chi connectivity index (χ3n) is 6.38. The van der Waals surface area contributed by atoms with Crippen molar-refractivity contribution in [3.05, 3.63) is 88.1 Å². The molecule has 0 spiro atoms. The first-order valence-corrected chi connectivity index (χ1v) is 12.7. The summed E-state index contributed by atoms with van der Waals surface area (Å²) in [6, 6.07) is 16.0. The predicted octanol–water partition coefficient (Wildman–Crippen LogP) is 4.60. The van der Waals surface area contributed by atoms with Gasteiger partial charge in [0.05, 0.1) is 4.88 Å². The highest BCUT2D eigenvalue weighted by Crippen LogP contribution is 2.34. The minimum Gasteiger partial charge on any atom is -0.352 e. The van der Waals surface area contributed by atoms with E-state index < -0.39 is 0 Å². The molecule has 0 N–H and O–H groups in total. The van der Waals surface area contributed by atoms with Crippen molar-refractivity contribution >= 4 is 34.2 Å². The molecule has 8 nitrogen and oxygen atoms in total. The molecule has 5 heterocycles. The summed E-state index contributed by atoms with van der Waals surface area (Å²) >= 11 is 1.48. The van der Waals surface area contributed by atoms with Crippen LogP contribution in [0.5, 0.6) is 0 Å². The Bertz CT molecular complexity index is 1490. The van der Waals surface area contributed by atoms with Gasteiger partial charge in [0.2, 0.25) is 0 Å². The van der Waals surface area contributed by atoms with E-state index in [2.05, 4.69) is 46.2 Å². The summed E-state index contributed by atoms with van der Waals surface area (Å²) in [5.41, 5.74) is 4.32. The Morgan fingerprint density at radius 1 is 1.03 bits per heavy atom. The third kappa shape index (κ3) is 4.33. The van der Waals surface area contributed by atoms with Crippen molar-refractivity contribution in [3.63, 3.8) is 0 Å². The Kier molecular flexibility index (Phi) is 5.90. The number of hydrogen-bond donors (Lipinski definition) is 0. The Morgan fingerprint density at radius 2 is 1.86 bits per heavy atom. The minimum atomic E-state index is 0.0820. The second-order valence-electron chi connectivity index (χ2n) is 8.84. The number of carbonyl (C=O) groups is 1. The van der Waals surface area contributed by atoms with Crippen molar-refractivity contribution in [2.45, 2.75) is 13.3 Å². The molecule has 36 heavy (non-hydrogen) atoms. The Hall–Kier alpha value is -4.11. The van der Waals surface area contributed by atoms with E-state index in [0.29, 0.717) is 49.8 Å². The van der Waals surface area contributed by atoms with Gasteiger partial charge in [-0.05, 0) is 36.1 Å². The van der Waals surface area contributed by atoms with E-state index in [1.54, 1.807) is 12.4 Å². The van der Waals surface area contributed by atoms with Crippen molar-refractivity contribution in [2.75, 3.05) is 31.1 Å². The van der Waals surface area contributed by atoms with Gasteiger partial charge in [-0.15, -0.1) is 11.3 Å². The van der Waals surface area contributed by atoms with E-state index in [0.717, 1.165) is 27.2 Å². The molecule has 9 heteroatoms. The van der Waals surface area contributed by atoms with Gasteiger partial charge < -0.3 is 14.3 Å². The maximum absolute atomic E-state index is 12.9. The van der Waals surface area contributed by atoms with E-state index in [1.807, 2.05) is 34.5 Å². The number of nitrogens with zero attached hydrogens (tertiary/aromatic N) is 6. The quantitative estimate of drug-likeness (QED) is 0.351. The number of hydrogen-bond acceptors (Lipinski definition) is 8. The van der Waals surface area contributed by atoms with Gasteiger partial charge in [-0.3, -0.25) is 9.78 Å². The standard InChI is InChI=1S/C27H24N6O2S/c1-18-6-8-19(9-7-18)16-22-29-25(23-24(31-35-26(23)30-22)20-4-2-10-28-17-20)32-11-13-33(14-12-32)27(34)21-5-3-15-36-21/h2-10,15,17H,11-14,16H2,1H3. The number of anilines is 1. The van der Waals surface area contributed by atoms with Gasteiger partial charge in [-0.25, -0.2) is 4.98 Å². The lowest BCUT2D eigenvalue weighted by Crippen LogP contribution is -2.49. The smallest absolute Gasteiger partial charge is 0.264 e. The Labute approximate surface area is 212 Å². The topological polar surface area (TPSA) is 88.3 Å². The van der Waals surface area contributed by atoms with Gasteiger partial charge in [-0.2, -0.15) is 4.98 Å². The summed E-state index contributed by atoms with van der Waals surface area (Å²) in [6.45, 7) is 4.61. The van der Waals surface area contributed by atoms with Crippen LogP contribution in [0, 0.1) is 6.92 Å². The van der Waals surface area contributed by atoms with Crippen LogP contribution in [-0.2, 0) is 6.42 Å². The molecular weight excluding hydrogens is 472 g/mol. The van der Waals surface area contributed by atoms with Crippen molar-refractivity contribution < 1.29 is 9.32 Å². The number of amides is 1. The average molecular weight is 497 g/mol. The van der Waals surface area contributed by atoms with Gasteiger partial charge in [0.15, 0.2) is 0 Å². The summed E-state index contributed by atoms with van der Waals surface area (Å²) in [5.74, 6) is 1.54. The van der Waals surface area contributed by atoms with Crippen LogP contribution in [0.1, 0.15) is 26.6 Å². The molecule has 1 aliphatic heterocycles. The molecule has 1 amide bonds. The number of fused-ring (bicyclic) bond motifs is 1. The molecule has 0 unspecified atom stereocenters. The van der Waals surface area contributed by atoms with E-state index in [-0.39, 0.29) is 5.91 Å². The minimum absolute atomic E-state index is 0.0820. The fourth-order valence-corrected chi connectivity index (χ4v) is 5.14. The largest absolute Gasteiger partial charge is 0.352 e. The molecule has 180 valence electrons. The van der Waals surface area contributed by atoms with E-state index in [1.165, 1.54) is 16.9 Å². The Balaban J connectivity index is 1.35. The summed E-state index contributed by atoms with van der Waals surface area (Å²) in [7, 11) is 0. The van der Waals surface area contributed by atoms with Crippen molar-refractivity contribution in [1.29, 1.82) is 0 Å². The lowest BCUT2D eigenvalue weighted by Gasteiger charge is -2.35. The summed E-state index contributed by atoms with van der Waals surface area (Å²) in [4.78, 5) is 31.7. The second-order valence-corrected chi connectivity index (χ2v) is 9.78. The zero-order valence-corrected chi connectivity index (χ0v) is 20.6. The van der Waals surface area contributed by atoms with Gasteiger partial charge in [0.1, 0.15) is 22.7 Å². The zero-order valence-electron chi connectivity index (χ0n) is 19.8. The lowest BCUT2D eigenvalue weighted by molar-refractivity contribution is 0.0751. The van der Waals surface area contributed by atoms with Gasteiger partial charge in [0, 0.05) is 50.6 Å². The van der Waals surface area contributed by atoms with E-state index >= 15 is 0 Å². The Morgan fingerprint density at radius 3 is 2.58 bits per heavy atom. The fraction of sp³-hybridized carbons (Fsp3) is 0.222. The highest BCUT2D eigenvalue weighted by atomic mass is 32.1. The molecule has 0 saturated carbocycles. The number of pyridine rings is 1. The molecule has 0 radical (unpaired) electrons. The number of aryl methyl sites for hydroxylation is 1. The van der Waals surface area contributed by atoms with Crippen LogP contribution in [-0.4, -0.2) is 57.1 Å². The number of benzene rings is 1. The number of carbonyl (C=O) groups excluding carboxylic acids is 1. The molecule has 0 atom stereocenters. The molecule has 5 aromatic rings. The molecule has 1 aliphatic rings. The van der Waals surface area contributed by atoms with Gasteiger partial charge >= 0.3 is 0 Å². The maximum Gasteiger partial charge on any atom is 0.264 e. The van der Waals surface area contributed by atoms with Crippen LogP contribution in [0.2, 0.25) is 0 Å². The molecule has 1 aromatic carbocycles. The van der Waals surface area contributed by atoms with Crippen molar-refractivity contribution in [3.8, 4) is 11.3 Å². The fourth-order valence-electron chi connectivity index (χ4n) is 4.45. The van der Waals surface area contributed by atoms with Crippen LogP contribution in [0.3, 0.4) is 0 Å². The van der Waals surface area contributed by atoms with Crippen LogP contribution in [0.25, 0.3) is 22.4 Å². The molecule has 4 aromatic heterocycles. The molecule has 6 rings (SSSR count). The highest BCUT2D eigenvalue weighted by molar-refractivity contribution is 7.12. The van der Waals surface area contributed by atoms with Crippen LogP contribution in [0.15, 0.2) is 70.8 Å². The lowest BCUT2D eigenvalue weighted by atomic mass is 10.1. The predicted molar refractivity (Wildman–Crippen MR) is 139 cm³/mol. The number of thiophene rings is 1. The molecule has 0 aliphatic carbocycles. The van der Waals surface area contributed by atoms with Crippen LogP contribution >= 0.6 is 11.3 Å². The second kappa shape index (κ2) is 9.50. The van der Waals surface area contributed by atoms with Gasteiger partial charge in [0.25, 0.3) is 11.6 Å². The molecular formula is C27H24N6O2S. The van der Waals surface area contributed by atoms with E-state index in [4.69, 9.17) is 14.5 Å². The zero-order chi connectivity index (χ0) is 24.5. The molecule has 1 saturated heterocycles. The molecule has 0 bridgehead atoms. The SMILES string of the molecule is Cc1ccc(Cc2nc(N3CCN(C(=O)c4cccs4)CC3)c3c(-c4cccnc4)noc3n2)cc1. The van der Waals surface area contributed by atoms with Gasteiger partial charge in [-0.1, -0.05) is 41.1 Å². The van der Waals surface area contributed by atoms with Crippen LogP contribution in [0.4, 0.5) is 5.82 Å². The first-order chi connectivity index (χ1) is 17.7. The monoisotopic (exact) mass is 496 g/mol. The summed E-state index contributed by atoms with van der Waals surface area (Å²) in [6.07, 6.45) is 4.08. The normalized spacial score (nSPS) is 13.9. The highest BCUT2D eigenvalue weighted by Gasteiger charge is 2.28. The number of aromatic nitrogens is 4. The third-order valence-corrected chi connectivity index (χ3v) is 7.24. The van der Waals surface area contributed by atoms with Crippen LogP contribution < -0.4 is 4.90 Å². The van der Waals surface area contributed by atoms with Crippen molar-refractivity contribution in [2.24, 2.45) is 0 Å². The van der Waals surface area contributed by atoms with E-state index in [9.17, 15) is 4.79 Å². The first kappa shape index (κ1) is 22.4. The molecule has 1 fully saturated rings. The number of rotatable bonds is 5. The average Bonchev–Trinajstić information content (AvgIpc) is 3.61. The number of piperazine rings is 1. The van der Waals surface area contributed by atoms with Crippen molar-refractivity contribution in [1.82, 2.24) is 25.0 Å². The maximum atomic E-state index is 12.9. The first-order valence-electron chi connectivity index (χ1n) is 11.9. The summed E-state index contributed by atoms with van der Waals surface area (Å²) < 4.78 is 5.72. The summed E-state index contributed by atoms with van der Waals surface area (Å²) in [5, 5.41) is 7.06.